The number of hydrogen-bond acceptors (Lipinski definition) is 5. The third kappa shape index (κ3) is 3.98. The molecule has 1 aliphatic rings. The smallest absolute Gasteiger partial charge is 0.363 e. The summed E-state index contributed by atoms with van der Waals surface area (Å²) in [5.41, 5.74) is -2.21. The number of rotatable bonds is 3. The Kier molecular flexibility index (Phi) is 5.29. The lowest BCUT2D eigenvalue weighted by atomic mass is 9.99. The molecule has 0 saturated heterocycles. The second-order valence-corrected chi connectivity index (χ2v) is 7.38. The molecule has 12 heteroatoms. The van der Waals surface area contributed by atoms with Gasteiger partial charge in [0.05, 0.1) is 39.9 Å². The van der Waals surface area contributed by atoms with Gasteiger partial charge in [0.25, 0.3) is 5.89 Å². The highest BCUT2D eigenvalue weighted by atomic mass is 35.5. The maximum absolute atomic E-state index is 13.5. The van der Waals surface area contributed by atoms with Gasteiger partial charge in [-0.2, -0.15) is 36.6 Å². The molecule has 0 aliphatic carbocycles. The molecule has 0 amide bonds. The Morgan fingerprint density at radius 2 is 1.84 bits per heavy atom. The van der Waals surface area contributed by atoms with Crippen molar-refractivity contribution in [1.29, 1.82) is 5.26 Å². The molecule has 4 rings (SSSR count). The van der Waals surface area contributed by atoms with Gasteiger partial charge < -0.3 is 9.42 Å². The minimum absolute atomic E-state index is 0.00110. The Balaban J connectivity index is 1.63. The molecular weight excluding hydrogens is 462 g/mol. The zero-order valence-electron chi connectivity index (χ0n) is 15.9. The largest absolute Gasteiger partial charge is 0.418 e. The second kappa shape index (κ2) is 7.70. The summed E-state index contributed by atoms with van der Waals surface area (Å²) in [7, 11) is 0. The van der Waals surface area contributed by atoms with Gasteiger partial charge in [0, 0.05) is 12.2 Å². The standard InChI is InChI=1S/C20H11ClF6N4O/c21-14-3-2-11(19(22,23)24)7-13(14)18-29-16(30-32-18)9-31-6-5-12-15(31)4-1-10(8-28)17(12)20(25,26)27/h1-4,7H,5-6,9H2. The van der Waals surface area contributed by atoms with E-state index in [9.17, 15) is 26.3 Å². The topological polar surface area (TPSA) is 66.0 Å². The van der Waals surface area contributed by atoms with Gasteiger partial charge in [0.2, 0.25) is 0 Å². The number of hydrogen-bond donors (Lipinski definition) is 0. The summed E-state index contributed by atoms with van der Waals surface area (Å²) in [5, 5.41) is 12.7. The summed E-state index contributed by atoms with van der Waals surface area (Å²) < 4.78 is 84.5. The van der Waals surface area contributed by atoms with Crippen molar-refractivity contribution < 1.29 is 30.9 Å². The van der Waals surface area contributed by atoms with E-state index in [1.807, 2.05) is 0 Å². The average molecular weight is 473 g/mol. The number of anilines is 1. The monoisotopic (exact) mass is 472 g/mol. The number of alkyl halides is 6. The van der Waals surface area contributed by atoms with Crippen molar-refractivity contribution in [3.63, 3.8) is 0 Å². The van der Waals surface area contributed by atoms with Crippen LogP contribution in [-0.4, -0.2) is 16.7 Å². The number of benzene rings is 2. The molecule has 0 atom stereocenters. The number of nitrogens with zero attached hydrogens (tertiary/aromatic N) is 4. The van der Waals surface area contributed by atoms with Crippen molar-refractivity contribution in [2.75, 3.05) is 11.4 Å². The molecule has 0 fully saturated rings. The minimum Gasteiger partial charge on any atom is -0.363 e. The van der Waals surface area contributed by atoms with Crippen molar-refractivity contribution in [3.05, 3.63) is 63.4 Å². The Bertz CT molecular complexity index is 1230. The molecule has 2 heterocycles. The number of fused-ring (bicyclic) bond motifs is 1. The van der Waals surface area contributed by atoms with Crippen LogP contribution in [0, 0.1) is 11.3 Å². The quantitative estimate of drug-likeness (QED) is 0.447. The zero-order chi connectivity index (χ0) is 23.3. The molecular formula is C20H11ClF6N4O. The van der Waals surface area contributed by atoms with Gasteiger partial charge in [0.1, 0.15) is 0 Å². The molecule has 0 radical (unpaired) electrons. The zero-order valence-corrected chi connectivity index (χ0v) is 16.6. The normalized spacial score (nSPS) is 13.9. The first kappa shape index (κ1) is 22.0. The first-order chi connectivity index (χ1) is 15.0. The fourth-order valence-corrected chi connectivity index (χ4v) is 3.80. The Morgan fingerprint density at radius 1 is 1.09 bits per heavy atom. The van der Waals surface area contributed by atoms with Gasteiger partial charge in [-0.15, -0.1) is 0 Å². The van der Waals surface area contributed by atoms with Crippen molar-refractivity contribution in [2.24, 2.45) is 0 Å². The highest BCUT2D eigenvalue weighted by Gasteiger charge is 2.40. The van der Waals surface area contributed by atoms with E-state index in [1.165, 1.54) is 6.07 Å². The van der Waals surface area contributed by atoms with Crippen molar-refractivity contribution in [2.45, 2.75) is 25.3 Å². The van der Waals surface area contributed by atoms with Crippen LogP contribution >= 0.6 is 11.6 Å². The molecule has 0 saturated carbocycles. The Morgan fingerprint density at radius 3 is 2.50 bits per heavy atom. The minimum atomic E-state index is -4.69. The summed E-state index contributed by atoms with van der Waals surface area (Å²) in [6.07, 6.45) is -9.23. The van der Waals surface area contributed by atoms with E-state index in [4.69, 9.17) is 21.4 Å². The number of halogens is 7. The molecule has 166 valence electrons. The SMILES string of the molecule is N#Cc1ccc2c(c1C(F)(F)F)CCN2Cc1noc(-c2cc(C(F)(F)F)ccc2Cl)n1. The number of aromatic nitrogens is 2. The van der Waals surface area contributed by atoms with E-state index in [-0.39, 0.29) is 53.1 Å². The summed E-state index contributed by atoms with van der Waals surface area (Å²) in [5.74, 6) is -0.189. The Hall–Kier alpha value is -3.26. The highest BCUT2D eigenvalue weighted by molar-refractivity contribution is 6.33. The van der Waals surface area contributed by atoms with E-state index >= 15 is 0 Å². The maximum Gasteiger partial charge on any atom is 0.418 e. The summed E-state index contributed by atoms with van der Waals surface area (Å²) in [6, 6.07) is 6.75. The molecule has 0 N–H and O–H groups in total. The fraction of sp³-hybridized carbons (Fsp3) is 0.250. The lowest BCUT2D eigenvalue weighted by molar-refractivity contribution is -0.138. The maximum atomic E-state index is 13.5. The molecule has 1 aliphatic heterocycles. The van der Waals surface area contributed by atoms with Crippen LogP contribution in [0.4, 0.5) is 32.0 Å². The van der Waals surface area contributed by atoms with Crippen LogP contribution in [0.1, 0.15) is 28.1 Å². The predicted octanol–water partition coefficient (Wildman–Crippen LogP) is 5.86. The lowest BCUT2D eigenvalue weighted by Gasteiger charge is -2.19. The van der Waals surface area contributed by atoms with Gasteiger partial charge in [-0.1, -0.05) is 16.8 Å². The van der Waals surface area contributed by atoms with Crippen LogP contribution in [0.15, 0.2) is 34.9 Å². The van der Waals surface area contributed by atoms with Crippen LogP contribution in [0.3, 0.4) is 0 Å². The number of nitriles is 1. The van der Waals surface area contributed by atoms with E-state index in [2.05, 4.69) is 10.1 Å². The van der Waals surface area contributed by atoms with Gasteiger partial charge in [-0.3, -0.25) is 0 Å². The van der Waals surface area contributed by atoms with Crippen LogP contribution in [0.5, 0.6) is 0 Å². The molecule has 5 nitrogen and oxygen atoms in total. The van der Waals surface area contributed by atoms with E-state index < -0.39 is 29.0 Å². The summed E-state index contributed by atoms with van der Waals surface area (Å²) >= 11 is 5.98. The summed E-state index contributed by atoms with van der Waals surface area (Å²) in [6.45, 7) is 0.164. The van der Waals surface area contributed by atoms with Crippen LogP contribution in [0.25, 0.3) is 11.5 Å². The Labute approximate surface area is 181 Å². The molecule has 32 heavy (non-hydrogen) atoms. The second-order valence-electron chi connectivity index (χ2n) is 6.98. The van der Waals surface area contributed by atoms with E-state index in [0.717, 1.165) is 24.3 Å². The molecule has 1 aromatic heterocycles. The van der Waals surface area contributed by atoms with E-state index in [0.29, 0.717) is 0 Å². The molecule has 2 aromatic carbocycles. The highest BCUT2D eigenvalue weighted by Crippen LogP contribution is 2.42. The third-order valence-corrected chi connectivity index (χ3v) is 5.32. The first-order valence-electron chi connectivity index (χ1n) is 9.07. The van der Waals surface area contributed by atoms with Crippen LogP contribution in [-0.2, 0) is 25.3 Å². The molecule has 0 unspecified atom stereocenters. The molecule has 3 aromatic rings. The van der Waals surface area contributed by atoms with Gasteiger partial charge in [0.15, 0.2) is 5.82 Å². The van der Waals surface area contributed by atoms with Crippen LogP contribution < -0.4 is 4.90 Å². The third-order valence-electron chi connectivity index (χ3n) is 4.99. The van der Waals surface area contributed by atoms with Crippen molar-refractivity contribution in [3.8, 4) is 17.5 Å². The van der Waals surface area contributed by atoms with Gasteiger partial charge in [-0.25, -0.2) is 0 Å². The molecule has 0 spiro atoms. The fourth-order valence-electron chi connectivity index (χ4n) is 3.60. The van der Waals surface area contributed by atoms with E-state index in [1.54, 1.807) is 11.0 Å². The van der Waals surface area contributed by atoms with Gasteiger partial charge in [-0.05, 0) is 42.3 Å². The van der Waals surface area contributed by atoms with Crippen LogP contribution in [0.2, 0.25) is 5.02 Å². The lowest BCUT2D eigenvalue weighted by Crippen LogP contribution is -2.20. The van der Waals surface area contributed by atoms with Gasteiger partial charge >= 0.3 is 12.4 Å². The summed E-state index contributed by atoms with van der Waals surface area (Å²) in [4.78, 5) is 5.64. The van der Waals surface area contributed by atoms with Crippen molar-refractivity contribution in [1.82, 2.24) is 10.1 Å². The first-order valence-corrected chi connectivity index (χ1v) is 9.44. The predicted molar refractivity (Wildman–Crippen MR) is 101 cm³/mol. The van der Waals surface area contributed by atoms with Crippen molar-refractivity contribution >= 4 is 17.3 Å². The average Bonchev–Trinajstić information content (AvgIpc) is 3.33. The molecule has 0 bridgehead atoms.